The number of carbonyl (C=O) groups is 2. The molecule has 0 fully saturated rings. The van der Waals surface area contributed by atoms with E-state index < -0.39 is 30.8 Å². The summed E-state index contributed by atoms with van der Waals surface area (Å²) in [4.78, 5) is 22.8. The first-order valence-corrected chi connectivity index (χ1v) is 5.56. The maximum absolute atomic E-state index is 12.2. The van der Waals surface area contributed by atoms with Crippen molar-refractivity contribution in [1.29, 1.82) is 0 Å². The van der Waals surface area contributed by atoms with Crippen molar-refractivity contribution in [3.8, 4) is 0 Å². The van der Waals surface area contributed by atoms with Gasteiger partial charge in [-0.2, -0.15) is 13.2 Å². The molecule has 0 spiro atoms. The molecule has 1 unspecified atom stereocenters. The van der Waals surface area contributed by atoms with E-state index in [9.17, 15) is 22.8 Å². The fourth-order valence-corrected chi connectivity index (χ4v) is 1.32. The minimum atomic E-state index is -4.50. The third-order valence-corrected chi connectivity index (χ3v) is 2.15. The molecule has 18 heavy (non-hydrogen) atoms. The summed E-state index contributed by atoms with van der Waals surface area (Å²) in [7, 11) is 0. The normalized spacial score (nSPS) is 12.9. The smallest absolute Gasteiger partial charge is 0.406 e. The van der Waals surface area contributed by atoms with E-state index in [4.69, 9.17) is 5.11 Å². The van der Waals surface area contributed by atoms with Gasteiger partial charge >= 0.3 is 18.2 Å². The molecule has 8 heteroatoms. The number of alkyl halides is 3. The van der Waals surface area contributed by atoms with Gasteiger partial charge in [-0.3, -0.25) is 0 Å². The van der Waals surface area contributed by atoms with Gasteiger partial charge in [-0.25, -0.2) is 9.59 Å². The summed E-state index contributed by atoms with van der Waals surface area (Å²) >= 11 is 0. The standard InChI is InChI=1S/C10H17F3N2O3/c1-3-5-15(6-10(11,12)13)9(18)14-7(4-2)8(16)17/h7H,3-6H2,1-2H3,(H,14,18)(H,16,17). The molecule has 0 heterocycles. The van der Waals surface area contributed by atoms with E-state index in [1.54, 1.807) is 6.92 Å². The van der Waals surface area contributed by atoms with Gasteiger partial charge in [0.15, 0.2) is 0 Å². The lowest BCUT2D eigenvalue weighted by atomic mass is 10.2. The fourth-order valence-electron chi connectivity index (χ4n) is 1.32. The van der Waals surface area contributed by atoms with Crippen LogP contribution in [0, 0.1) is 0 Å². The molecular formula is C10H17F3N2O3. The average molecular weight is 270 g/mol. The molecule has 0 aromatic carbocycles. The van der Waals surface area contributed by atoms with Gasteiger partial charge in [0.05, 0.1) is 0 Å². The van der Waals surface area contributed by atoms with Crippen LogP contribution in [0.25, 0.3) is 0 Å². The molecule has 106 valence electrons. The molecule has 0 aliphatic heterocycles. The molecule has 0 bridgehead atoms. The van der Waals surface area contributed by atoms with Crippen molar-refractivity contribution in [2.45, 2.75) is 38.9 Å². The van der Waals surface area contributed by atoms with Crippen molar-refractivity contribution in [2.75, 3.05) is 13.1 Å². The summed E-state index contributed by atoms with van der Waals surface area (Å²) in [6.45, 7) is 1.68. The predicted octanol–water partition coefficient (Wildman–Crippen LogP) is 1.83. The van der Waals surface area contributed by atoms with E-state index in [2.05, 4.69) is 5.32 Å². The van der Waals surface area contributed by atoms with Crippen molar-refractivity contribution in [1.82, 2.24) is 10.2 Å². The van der Waals surface area contributed by atoms with E-state index in [-0.39, 0.29) is 13.0 Å². The van der Waals surface area contributed by atoms with Crippen LogP contribution in [0.3, 0.4) is 0 Å². The molecule has 2 amide bonds. The monoisotopic (exact) mass is 270 g/mol. The van der Waals surface area contributed by atoms with E-state index in [0.29, 0.717) is 11.3 Å². The predicted molar refractivity (Wildman–Crippen MR) is 58.2 cm³/mol. The van der Waals surface area contributed by atoms with Gasteiger partial charge in [0, 0.05) is 6.54 Å². The van der Waals surface area contributed by atoms with E-state index >= 15 is 0 Å². The molecular weight excluding hydrogens is 253 g/mol. The Morgan fingerprint density at radius 1 is 1.33 bits per heavy atom. The summed E-state index contributed by atoms with van der Waals surface area (Å²) in [5.74, 6) is -1.27. The summed E-state index contributed by atoms with van der Waals surface area (Å²) in [5.41, 5.74) is 0. The Morgan fingerprint density at radius 3 is 2.22 bits per heavy atom. The Morgan fingerprint density at radius 2 is 1.89 bits per heavy atom. The Bertz CT molecular complexity index is 295. The second-order valence-electron chi connectivity index (χ2n) is 3.79. The van der Waals surface area contributed by atoms with Crippen molar-refractivity contribution in [2.24, 2.45) is 0 Å². The highest BCUT2D eigenvalue weighted by molar-refractivity contribution is 5.82. The first kappa shape index (κ1) is 16.5. The Balaban J connectivity index is 4.61. The van der Waals surface area contributed by atoms with Gasteiger partial charge in [-0.05, 0) is 12.8 Å². The molecule has 0 aromatic heterocycles. The van der Waals surface area contributed by atoms with Crippen LogP contribution in [-0.4, -0.2) is 47.3 Å². The second kappa shape index (κ2) is 7.07. The fraction of sp³-hybridized carbons (Fsp3) is 0.800. The largest absolute Gasteiger partial charge is 0.480 e. The number of carbonyl (C=O) groups excluding carboxylic acids is 1. The van der Waals surface area contributed by atoms with Gasteiger partial charge in [-0.15, -0.1) is 0 Å². The van der Waals surface area contributed by atoms with Crippen LogP contribution in [0.15, 0.2) is 0 Å². The number of hydrogen-bond donors (Lipinski definition) is 2. The highest BCUT2D eigenvalue weighted by Gasteiger charge is 2.33. The van der Waals surface area contributed by atoms with E-state index in [1.165, 1.54) is 6.92 Å². The number of nitrogens with one attached hydrogen (secondary N) is 1. The van der Waals surface area contributed by atoms with Crippen molar-refractivity contribution in [3.05, 3.63) is 0 Å². The first-order chi connectivity index (χ1) is 8.21. The lowest BCUT2D eigenvalue weighted by Crippen LogP contribution is -2.50. The van der Waals surface area contributed by atoms with Gasteiger partial charge in [-0.1, -0.05) is 13.8 Å². The highest BCUT2D eigenvalue weighted by atomic mass is 19.4. The van der Waals surface area contributed by atoms with Crippen LogP contribution in [0.2, 0.25) is 0 Å². The third kappa shape index (κ3) is 6.31. The van der Waals surface area contributed by atoms with E-state index in [1.807, 2.05) is 0 Å². The summed E-state index contributed by atoms with van der Waals surface area (Å²) < 4.78 is 36.7. The molecule has 0 radical (unpaired) electrons. The van der Waals surface area contributed by atoms with Crippen LogP contribution >= 0.6 is 0 Å². The number of aliphatic carboxylic acids is 1. The maximum Gasteiger partial charge on any atom is 0.406 e. The van der Waals surface area contributed by atoms with E-state index in [0.717, 1.165) is 0 Å². The SMILES string of the molecule is CCCN(CC(F)(F)F)C(=O)NC(CC)C(=O)O. The first-order valence-electron chi connectivity index (χ1n) is 5.56. The highest BCUT2D eigenvalue weighted by Crippen LogP contribution is 2.16. The second-order valence-corrected chi connectivity index (χ2v) is 3.79. The van der Waals surface area contributed by atoms with Crippen LogP contribution < -0.4 is 5.32 Å². The summed E-state index contributed by atoms with van der Waals surface area (Å²) in [6.07, 6.45) is -4.04. The third-order valence-electron chi connectivity index (χ3n) is 2.15. The number of carboxylic acids is 1. The van der Waals surface area contributed by atoms with Gasteiger partial charge in [0.2, 0.25) is 0 Å². The Hall–Kier alpha value is -1.47. The molecule has 0 aromatic rings. The number of halogens is 3. The molecule has 0 saturated heterocycles. The van der Waals surface area contributed by atoms with Crippen molar-refractivity contribution >= 4 is 12.0 Å². The molecule has 1 atom stereocenters. The number of carboxylic acid groups (broad SMARTS) is 1. The van der Waals surface area contributed by atoms with Crippen molar-refractivity contribution < 1.29 is 27.9 Å². The molecule has 0 aliphatic carbocycles. The number of urea groups is 1. The van der Waals surface area contributed by atoms with Gasteiger partial charge in [0.25, 0.3) is 0 Å². The zero-order chi connectivity index (χ0) is 14.3. The molecule has 0 saturated carbocycles. The van der Waals surface area contributed by atoms with Gasteiger partial charge in [0.1, 0.15) is 12.6 Å². The topological polar surface area (TPSA) is 69.6 Å². The van der Waals surface area contributed by atoms with Crippen LogP contribution in [-0.2, 0) is 4.79 Å². The van der Waals surface area contributed by atoms with Crippen LogP contribution in [0.5, 0.6) is 0 Å². The zero-order valence-corrected chi connectivity index (χ0v) is 10.3. The number of nitrogens with zero attached hydrogens (tertiary/aromatic N) is 1. The minimum Gasteiger partial charge on any atom is -0.480 e. The maximum atomic E-state index is 12.2. The number of amides is 2. The minimum absolute atomic E-state index is 0.0819. The molecule has 2 N–H and O–H groups in total. The van der Waals surface area contributed by atoms with Gasteiger partial charge < -0.3 is 15.3 Å². The quantitative estimate of drug-likeness (QED) is 0.773. The van der Waals surface area contributed by atoms with Crippen LogP contribution in [0.4, 0.5) is 18.0 Å². The summed E-state index contributed by atoms with van der Waals surface area (Å²) in [6, 6.07) is -2.19. The molecule has 5 nitrogen and oxygen atoms in total. The summed E-state index contributed by atoms with van der Waals surface area (Å²) in [5, 5.41) is 10.8. The van der Waals surface area contributed by atoms with Crippen molar-refractivity contribution in [3.63, 3.8) is 0 Å². The lowest BCUT2D eigenvalue weighted by Gasteiger charge is -2.25. The molecule has 0 aliphatic rings. The Kier molecular flexibility index (Phi) is 6.50. The number of hydrogen-bond acceptors (Lipinski definition) is 2. The number of rotatable bonds is 6. The lowest BCUT2D eigenvalue weighted by molar-refractivity contribution is -0.141. The Labute approximate surface area is 103 Å². The van der Waals surface area contributed by atoms with Crippen LogP contribution in [0.1, 0.15) is 26.7 Å². The zero-order valence-electron chi connectivity index (χ0n) is 10.3. The molecule has 0 rings (SSSR count). The average Bonchev–Trinajstić information content (AvgIpc) is 2.22.